The summed E-state index contributed by atoms with van der Waals surface area (Å²) in [5.74, 6) is 1.00. The number of hydrogen-bond acceptors (Lipinski definition) is 2. The van der Waals surface area contributed by atoms with Gasteiger partial charge in [0.15, 0.2) is 5.82 Å². The van der Waals surface area contributed by atoms with Gasteiger partial charge in [0.1, 0.15) is 0 Å². The highest BCUT2D eigenvalue weighted by atomic mass is 14.9. The van der Waals surface area contributed by atoms with Gasteiger partial charge in [0.2, 0.25) is 0 Å². The molecule has 1 aromatic heterocycles. The molecule has 2 aliphatic rings. The molecule has 2 aliphatic carbocycles. The molecule has 0 N–H and O–H groups in total. The lowest BCUT2D eigenvalue weighted by atomic mass is 9.78. The smallest absolute Gasteiger partial charge is 0.160 e. The van der Waals surface area contributed by atoms with Crippen molar-refractivity contribution in [3.05, 3.63) is 210 Å². The van der Waals surface area contributed by atoms with Crippen molar-refractivity contribution < 1.29 is 0 Å². The lowest BCUT2D eigenvalue weighted by molar-refractivity contribution is 0.660. The van der Waals surface area contributed by atoms with Crippen LogP contribution in [0, 0.1) is 0 Å². The molecule has 1 heterocycles. The van der Waals surface area contributed by atoms with Crippen LogP contribution in [0.5, 0.6) is 0 Å². The van der Waals surface area contributed by atoms with Crippen molar-refractivity contribution in [2.45, 2.75) is 31.6 Å². The molecule has 0 radical (unpaired) electrons. The Kier molecular flexibility index (Phi) is 7.69. The maximum atomic E-state index is 5.33. The zero-order valence-corrected chi connectivity index (χ0v) is 32.1. The lowest BCUT2D eigenvalue weighted by Gasteiger charge is -2.25. The van der Waals surface area contributed by atoms with Crippen LogP contribution in [-0.4, -0.2) is 9.97 Å². The molecule has 270 valence electrons. The topological polar surface area (TPSA) is 25.8 Å². The Morgan fingerprint density at radius 3 is 1.74 bits per heavy atom. The monoisotopic (exact) mass is 728 g/mol. The largest absolute Gasteiger partial charge is 0.228 e. The summed E-state index contributed by atoms with van der Waals surface area (Å²) < 4.78 is 0. The summed E-state index contributed by atoms with van der Waals surface area (Å²) >= 11 is 0. The molecule has 9 aromatic rings. The standard InChI is InChI=1S/C55H40N2/c1-55(2)48-33-45(28-29-47(48)53-49(55)32-42-18-10-11-19-46(42)52(53)39-24-20-38(21-25-39)35-12-4-3-5-13-35)54-56-50(43-26-22-36-14-6-8-16-40(36)30-43)34-51(57-54)44-27-23-37-15-7-9-17-41(37)31-44/h3-24,26-34,39H,25H2,1-2H3. The van der Waals surface area contributed by atoms with Gasteiger partial charge in [0.05, 0.1) is 11.4 Å². The van der Waals surface area contributed by atoms with E-state index in [0.717, 1.165) is 40.3 Å². The number of allylic oxidation sites excluding steroid dienone is 4. The van der Waals surface area contributed by atoms with Crippen LogP contribution in [0.2, 0.25) is 0 Å². The van der Waals surface area contributed by atoms with E-state index in [-0.39, 0.29) is 11.3 Å². The quantitative estimate of drug-likeness (QED) is 0.176. The second kappa shape index (κ2) is 13.1. The third kappa shape index (κ3) is 5.63. The van der Waals surface area contributed by atoms with Crippen molar-refractivity contribution >= 4 is 37.9 Å². The molecule has 0 spiro atoms. The SMILES string of the molecule is CC1(C)c2cc(-c3nc(-c4ccc5ccccc5c4)cc(-c4ccc5ccccc5c4)n3)ccc2-c2c1cc1ccccc1c2C1C=CC(c2ccccc2)=CC1. The van der Waals surface area contributed by atoms with Crippen LogP contribution in [0.4, 0.5) is 0 Å². The van der Waals surface area contributed by atoms with Crippen molar-refractivity contribution in [3.8, 4) is 45.0 Å². The number of hydrogen-bond donors (Lipinski definition) is 0. The summed E-state index contributed by atoms with van der Waals surface area (Å²) in [5, 5.41) is 7.46. The molecule has 2 heteroatoms. The van der Waals surface area contributed by atoms with Gasteiger partial charge in [-0.05, 0) is 108 Å². The van der Waals surface area contributed by atoms with E-state index < -0.39 is 0 Å². The van der Waals surface area contributed by atoms with Gasteiger partial charge in [-0.3, -0.25) is 0 Å². The van der Waals surface area contributed by atoms with E-state index in [0.29, 0.717) is 0 Å². The average molecular weight is 729 g/mol. The normalized spacial score (nSPS) is 15.5. The molecule has 1 atom stereocenters. The van der Waals surface area contributed by atoms with Crippen molar-refractivity contribution in [3.63, 3.8) is 0 Å². The van der Waals surface area contributed by atoms with E-state index in [1.54, 1.807) is 0 Å². The number of nitrogens with zero attached hydrogens (tertiary/aromatic N) is 2. The summed E-state index contributed by atoms with van der Waals surface area (Å²) in [7, 11) is 0. The molecular weight excluding hydrogens is 689 g/mol. The van der Waals surface area contributed by atoms with Crippen molar-refractivity contribution in [2.24, 2.45) is 0 Å². The maximum Gasteiger partial charge on any atom is 0.160 e. The second-order valence-corrected chi connectivity index (χ2v) is 16.1. The van der Waals surface area contributed by atoms with Crippen LogP contribution >= 0.6 is 0 Å². The first-order chi connectivity index (χ1) is 28.0. The Labute approximate surface area is 333 Å². The molecule has 1 unspecified atom stereocenters. The summed E-state index contributed by atoms with van der Waals surface area (Å²) in [5.41, 5.74) is 14.2. The van der Waals surface area contributed by atoms with Gasteiger partial charge in [0.25, 0.3) is 0 Å². The number of benzene rings is 8. The van der Waals surface area contributed by atoms with E-state index in [1.165, 1.54) is 71.3 Å². The predicted molar refractivity (Wildman–Crippen MR) is 239 cm³/mol. The fourth-order valence-corrected chi connectivity index (χ4v) is 9.36. The van der Waals surface area contributed by atoms with Crippen molar-refractivity contribution in [1.29, 1.82) is 0 Å². The highest BCUT2D eigenvalue weighted by Crippen LogP contribution is 2.55. The van der Waals surface area contributed by atoms with Gasteiger partial charge in [0, 0.05) is 28.0 Å². The third-order valence-electron chi connectivity index (χ3n) is 12.4. The molecule has 8 aromatic carbocycles. The van der Waals surface area contributed by atoms with E-state index in [4.69, 9.17) is 9.97 Å². The maximum absolute atomic E-state index is 5.33. The molecule has 0 bridgehead atoms. The fraction of sp³-hybridized carbons (Fsp3) is 0.0909. The van der Waals surface area contributed by atoms with Gasteiger partial charge >= 0.3 is 0 Å². The van der Waals surface area contributed by atoms with Crippen LogP contribution in [0.25, 0.3) is 82.9 Å². The van der Waals surface area contributed by atoms with Crippen LogP contribution in [0.1, 0.15) is 48.4 Å². The Bertz CT molecular complexity index is 3030. The summed E-state index contributed by atoms with van der Waals surface area (Å²) in [6.07, 6.45) is 8.15. The van der Waals surface area contributed by atoms with E-state index in [1.807, 2.05) is 0 Å². The molecule has 11 rings (SSSR count). The second-order valence-electron chi connectivity index (χ2n) is 16.1. The zero-order valence-electron chi connectivity index (χ0n) is 32.1. The molecule has 57 heavy (non-hydrogen) atoms. The number of fused-ring (bicyclic) bond motifs is 6. The molecule has 0 amide bonds. The third-order valence-corrected chi connectivity index (χ3v) is 12.4. The summed E-state index contributed by atoms with van der Waals surface area (Å²) in [6, 6.07) is 61.5. The van der Waals surface area contributed by atoms with Gasteiger partial charge in [-0.25, -0.2) is 9.97 Å². The van der Waals surface area contributed by atoms with Crippen molar-refractivity contribution in [2.75, 3.05) is 0 Å². The van der Waals surface area contributed by atoms with Gasteiger partial charge in [-0.2, -0.15) is 0 Å². The van der Waals surface area contributed by atoms with Crippen LogP contribution < -0.4 is 0 Å². The Morgan fingerprint density at radius 1 is 0.491 bits per heavy atom. The zero-order chi connectivity index (χ0) is 38.1. The number of aromatic nitrogens is 2. The first-order valence-corrected chi connectivity index (χ1v) is 20.0. The first kappa shape index (κ1) is 33.4. The molecule has 0 aliphatic heterocycles. The van der Waals surface area contributed by atoms with Crippen molar-refractivity contribution in [1.82, 2.24) is 9.97 Å². The summed E-state index contributed by atoms with van der Waals surface area (Å²) in [6.45, 7) is 4.77. The molecular formula is C55H40N2. The van der Waals surface area contributed by atoms with Crippen LogP contribution in [0.3, 0.4) is 0 Å². The highest BCUT2D eigenvalue weighted by Gasteiger charge is 2.39. The Morgan fingerprint density at radius 2 is 1.09 bits per heavy atom. The first-order valence-electron chi connectivity index (χ1n) is 20.0. The molecule has 2 nitrogen and oxygen atoms in total. The minimum Gasteiger partial charge on any atom is -0.228 e. The molecule has 0 fully saturated rings. The average Bonchev–Trinajstić information content (AvgIpc) is 3.50. The molecule has 0 saturated heterocycles. The van der Waals surface area contributed by atoms with Gasteiger partial charge in [-0.15, -0.1) is 0 Å². The van der Waals surface area contributed by atoms with Gasteiger partial charge in [-0.1, -0.05) is 172 Å². The number of rotatable bonds is 5. The predicted octanol–water partition coefficient (Wildman–Crippen LogP) is 14.4. The Hall–Kier alpha value is -6.90. The highest BCUT2D eigenvalue weighted by molar-refractivity contribution is 5.99. The van der Waals surface area contributed by atoms with Crippen LogP contribution in [-0.2, 0) is 5.41 Å². The van der Waals surface area contributed by atoms with E-state index in [9.17, 15) is 0 Å². The minimum absolute atomic E-state index is 0.222. The van der Waals surface area contributed by atoms with E-state index >= 15 is 0 Å². The summed E-state index contributed by atoms with van der Waals surface area (Å²) in [4.78, 5) is 10.7. The molecule has 0 saturated carbocycles. The Balaban J connectivity index is 1.06. The van der Waals surface area contributed by atoms with Crippen LogP contribution in [0.15, 0.2) is 188 Å². The minimum atomic E-state index is -0.222. The lowest BCUT2D eigenvalue weighted by Crippen LogP contribution is -2.15. The van der Waals surface area contributed by atoms with E-state index in [2.05, 4.69) is 202 Å². The van der Waals surface area contributed by atoms with Gasteiger partial charge < -0.3 is 0 Å². The fourth-order valence-electron chi connectivity index (χ4n) is 9.36.